The van der Waals surface area contributed by atoms with Gasteiger partial charge in [0.2, 0.25) is 0 Å². The van der Waals surface area contributed by atoms with E-state index >= 15 is 0 Å². The zero-order valence-corrected chi connectivity index (χ0v) is 16.9. The van der Waals surface area contributed by atoms with E-state index in [-0.39, 0.29) is 12.7 Å². The van der Waals surface area contributed by atoms with Crippen LogP contribution in [0.2, 0.25) is 0 Å². The Labute approximate surface area is 168 Å². The number of nitrogens with zero attached hydrogens (tertiary/aromatic N) is 4. The first-order chi connectivity index (χ1) is 13.2. The van der Waals surface area contributed by atoms with Crippen LogP contribution in [0, 0.1) is 5.92 Å². The Hall–Kier alpha value is -1.70. The molecule has 2 aromatic rings. The third-order valence-corrected chi connectivity index (χ3v) is 5.84. The van der Waals surface area contributed by atoms with Crippen molar-refractivity contribution in [2.45, 2.75) is 18.9 Å². The summed E-state index contributed by atoms with van der Waals surface area (Å²) in [5.41, 5.74) is 1.17. The average Bonchev–Trinajstić information content (AvgIpc) is 2.74. The number of aliphatic hydroxyl groups is 1. The topological polar surface area (TPSA) is 61.7 Å². The van der Waals surface area contributed by atoms with E-state index in [9.17, 15) is 5.11 Å². The molecule has 144 valence electrons. The molecule has 2 atom stereocenters. The maximum atomic E-state index is 9.49. The number of rotatable bonds is 4. The van der Waals surface area contributed by atoms with Crippen molar-refractivity contribution in [2.75, 3.05) is 49.2 Å². The van der Waals surface area contributed by atoms with E-state index in [4.69, 9.17) is 4.74 Å². The van der Waals surface area contributed by atoms with Gasteiger partial charge in [-0.05, 0) is 36.5 Å². The van der Waals surface area contributed by atoms with Crippen LogP contribution in [0.25, 0.3) is 0 Å². The second-order valence-corrected chi connectivity index (χ2v) is 8.15. The van der Waals surface area contributed by atoms with Crippen molar-refractivity contribution >= 4 is 27.6 Å². The quantitative estimate of drug-likeness (QED) is 0.800. The number of morpholine rings is 1. The molecule has 0 amide bonds. The Bertz CT molecular complexity index is 775. The number of hydrogen-bond donors (Lipinski definition) is 1. The summed E-state index contributed by atoms with van der Waals surface area (Å²) in [6, 6.07) is 10.4. The van der Waals surface area contributed by atoms with Crippen LogP contribution in [0.15, 0.2) is 41.1 Å². The molecule has 1 aromatic carbocycles. The van der Waals surface area contributed by atoms with Gasteiger partial charge in [0.1, 0.15) is 24.1 Å². The van der Waals surface area contributed by atoms with Gasteiger partial charge in [0, 0.05) is 43.3 Å². The highest BCUT2D eigenvalue weighted by Gasteiger charge is 2.25. The molecule has 2 aliphatic heterocycles. The molecule has 2 aliphatic rings. The van der Waals surface area contributed by atoms with E-state index in [1.807, 2.05) is 12.1 Å². The Morgan fingerprint density at radius 3 is 2.70 bits per heavy atom. The summed E-state index contributed by atoms with van der Waals surface area (Å²) in [7, 11) is 0. The molecule has 0 saturated carbocycles. The standard InChI is InChI=1S/C20H25BrN4O2/c21-17-5-1-4-16(9-17)18-12-25(7-8-27-18)20-10-19(22-14-23-20)24-6-2-3-15(11-24)13-26/h1,4-5,9-10,14-15,18,26H,2-3,6-8,11-13H2. The molecule has 2 fully saturated rings. The Morgan fingerprint density at radius 1 is 1.11 bits per heavy atom. The maximum Gasteiger partial charge on any atom is 0.134 e. The van der Waals surface area contributed by atoms with Crippen LogP contribution in [0.1, 0.15) is 24.5 Å². The minimum atomic E-state index is 0.0309. The van der Waals surface area contributed by atoms with Crippen molar-refractivity contribution in [3.63, 3.8) is 0 Å². The van der Waals surface area contributed by atoms with E-state index in [1.54, 1.807) is 6.33 Å². The van der Waals surface area contributed by atoms with Gasteiger partial charge in [0.15, 0.2) is 0 Å². The van der Waals surface area contributed by atoms with Crippen molar-refractivity contribution in [3.8, 4) is 0 Å². The highest BCUT2D eigenvalue weighted by molar-refractivity contribution is 9.10. The number of piperidine rings is 1. The summed E-state index contributed by atoms with van der Waals surface area (Å²) >= 11 is 3.54. The number of aliphatic hydroxyl groups excluding tert-OH is 1. The van der Waals surface area contributed by atoms with Crippen LogP contribution in [0.5, 0.6) is 0 Å². The lowest BCUT2D eigenvalue weighted by atomic mass is 9.99. The molecule has 0 aliphatic carbocycles. The SMILES string of the molecule is OCC1CCCN(c2cc(N3CCOC(c4cccc(Br)c4)C3)ncn2)C1. The molecule has 2 saturated heterocycles. The first-order valence-electron chi connectivity index (χ1n) is 9.53. The fraction of sp³-hybridized carbons (Fsp3) is 0.500. The largest absolute Gasteiger partial charge is 0.396 e. The van der Waals surface area contributed by atoms with Gasteiger partial charge in [-0.15, -0.1) is 0 Å². The molecule has 6 nitrogen and oxygen atoms in total. The Morgan fingerprint density at radius 2 is 1.93 bits per heavy atom. The second-order valence-electron chi connectivity index (χ2n) is 7.23. The molecule has 1 N–H and O–H groups in total. The molecule has 4 rings (SSSR count). The number of anilines is 2. The predicted octanol–water partition coefficient (Wildman–Crippen LogP) is 3.03. The normalized spacial score (nSPS) is 23.5. The first kappa shape index (κ1) is 18.7. The number of aromatic nitrogens is 2. The van der Waals surface area contributed by atoms with Gasteiger partial charge in [-0.1, -0.05) is 28.1 Å². The van der Waals surface area contributed by atoms with Crippen molar-refractivity contribution in [3.05, 3.63) is 46.7 Å². The van der Waals surface area contributed by atoms with Crippen LogP contribution in [-0.2, 0) is 4.74 Å². The maximum absolute atomic E-state index is 9.49. The fourth-order valence-electron chi connectivity index (χ4n) is 3.87. The molecule has 0 spiro atoms. The summed E-state index contributed by atoms with van der Waals surface area (Å²) in [4.78, 5) is 13.5. The first-order valence-corrected chi connectivity index (χ1v) is 10.3. The molecular weight excluding hydrogens is 408 g/mol. The Kier molecular flexibility index (Phi) is 5.90. The summed E-state index contributed by atoms with van der Waals surface area (Å²) in [5, 5.41) is 9.49. The van der Waals surface area contributed by atoms with E-state index in [1.165, 1.54) is 5.56 Å². The lowest BCUT2D eigenvalue weighted by Gasteiger charge is -2.35. The van der Waals surface area contributed by atoms with E-state index in [0.717, 1.165) is 55.1 Å². The summed E-state index contributed by atoms with van der Waals surface area (Å²) in [6.07, 6.45) is 3.86. The monoisotopic (exact) mass is 432 g/mol. The van der Waals surface area contributed by atoms with Crippen molar-refractivity contribution in [1.29, 1.82) is 0 Å². The number of benzene rings is 1. The number of ether oxygens (including phenoxy) is 1. The lowest BCUT2D eigenvalue weighted by Crippen LogP contribution is -2.40. The molecule has 0 radical (unpaired) electrons. The minimum absolute atomic E-state index is 0.0309. The van der Waals surface area contributed by atoms with Gasteiger partial charge in [-0.3, -0.25) is 0 Å². The minimum Gasteiger partial charge on any atom is -0.396 e. The summed E-state index contributed by atoms with van der Waals surface area (Å²) in [5.74, 6) is 2.22. The summed E-state index contributed by atoms with van der Waals surface area (Å²) in [6.45, 7) is 4.35. The second kappa shape index (κ2) is 8.54. The van der Waals surface area contributed by atoms with Crippen molar-refractivity contribution in [2.24, 2.45) is 5.92 Å². The third kappa shape index (κ3) is 4.42. The van der Waals surface area contributed by atoms with Gasteiger partial charge < -0.3 is 19.6 Å². The van der Waals surface area contributed by atoms with Crippen LogP contribution >= 0.6 is 15.9 Å². The van der Waals surface area contributed by atoms with Crippen molar-refractivity contribution < 1.29 is 9.84 Å². The van der Waals surface area contributed by atoms with Crippen LogP contribution < -0.4 is 9.80 Å². The fourth-order valence-corrected chi connectivity index (χ4v) is 4.29. The van der Waals surface area contributed by atoms with Crippen LogP contribution in [-0.4, -0.2) is 54.5 Å². The Balaban J connectivity index is 1.49. The number of hydrogen-bond acceptors (Lipinski definition) is 6. The molecule has 2 unspecified atom stereocenters. The van der Waals surface area contributed by atoms with Gasteiger partial charge in [0.05, 0.1) is 6.61 Å². The van der Waals surface area contributed by atoms with Gasteiger partial charge in [-0.2, -0.15) is 0 Å². The number of halogens is 1. The van der Waals surface area contributed by atoms with Gasteiger partial charge in [-0.25, -0.2) is 9.97 Å². The van der Waals surface area contributed by atoms with Gasteiger partial charge in [0.25, 0.3) is 0 Å². The predicted molar refractivity (Wildman–Crippen MR) is 109 cm³/mol. The highest BCUT2D eigenvalue weighted by atomic mass is 79.9. The molecule has 1 aromatic heterocycles. The zero-order valence-electron chi connectivity index (χ0n) is 15.3. The van der Waals surface area contributed by atoms with Crippen LogP contribution in [0.3, 0.4) is 0 Å². The highest BCUT2D eigenvalue weighted by Crippen LogP contribution is 2.29. The molecule has 3 heterocycles. The smallest absolute Gasteiger partial charge is 0.134 e. The van der Waals surface area contributed by atoms with Gasteiger partial charge >= 0.3 is 0 Å². The van der Waals surface area contributed by atoms with E-state index in [2.05, 4.69) is 53.9 Å². The van der Waals surface area contributed by atoms with Crippen molar-refractivity contribution in [1.82, 2.24) is 9.97 Å². The molecule has 0 bridgehead atoms. The summed E-state index contributed by atoms with van der Waals surface area (Å²) < 4.78 is 7.07. The lowest BCUT2D eigenvalue weighted by molar-refractivity contribution is 0.0395. The zero-order chi connectivity index (χ0) is 18.6. The molecule has 27 heavy (non-hydrogen) atoms. The van der Waals surface area contributed by atoms with E-state index in [0.29, 0.717) is 12.5 Å². The van der Waals surface area contributed by atoms with Crippen LogP contribution in [0.4, 0.5) is 11.6 Å². The van der Waals surface area contributed by atoms with E-state index < -0.39 is 0 Å². The molecule has 7 heteroatoms. The molecular formula is C20H25BrN4O2. The average molecular weight is 433 g/mol. The third-order valence-electron chi connectivity index (χ3n) is 5.35.